The fraction of sp³-hybridized carbons (Fsp3) is 0.250. The van der Waals surface area contributed by atoms with Gasteiger partial charge in [-0.3, -0.25) is 4.79 Å². The van der Waals surface area contributed by atoms with Gasteiger partial charge in [0.15, 0.2) is 0 Å². The highest BCUT2D eigenvalue weighted by Crippen LogP contribution is 2.29. The highest BCUT2D eigenvalue weighted by Gasteiger charge is 2.27. The van der Waals surface area contributed by atoms with Gasteiger partial charge in [-0.1, -0.05) is 36.0 Å². The van der Waals surface area contributed by atoms with Gasteiger partial charge in [0.2, 0.25) is 5.91 Å². The molecular formula is C20H19NO6S. The molecule has 0 unspecified atom stereocenters. The summed E-state index contributed by atoms with van der Waals surface area (Å²) in [7, 11) is 0. The summed E-state index contributed by atoms with van der Waals surface area (Å²) in [5, 5.41) is 12.2. The monoisotopic (exact) mass is 401 g/mol. The summed E-state index contributed by atoms with van der Waals surface area (Å²) in [6.45, 7) is 1.98. The SMILES string of the molecule is CCOC(=O)/C=C1\SCC(=O)N1CCOC(=O)c1cc2ccccc2cc1O. The quantitative estimate of drug-likeness (QED) is 0.588. The molecule has 0 aliphatic carbocycles. The summed E-state index contributed by atoms with van der Waals surface area (Å²) in [5.41, 5.74) is 0.0584. The molecule has 2 aromatic rings. The summed E-state index contributed by atoms with van der Waals surface area (Å²) in [4.78, 5) is 37.3. The molecule has 0 radical (unpaired) electrons. The fourth-order valence-corrected chi connectivity index (χ4v) is 3.71. The molecule has 1 amide bonds. The van der Waals surface area contributed by atoms with Crippen LogP contribution in [-0.4, -0.2) is 53.4 Å². The number of phenolic OH excluding ortho intramolecular Hbond substituents is 1. The van der Waals surface area contributed by atoms with Crippen molar-refractivity contribution in [1.29, 1.82) is 0 Å². The summed E-state index contributed by atoms with van der Waals surface area (Å²) in [6.07, 6.45) is 1.26. The van der Waals surface area contributed by atoms with Gasteiger partial charge in [-0.05, 0) is 29.8 Å². The van der Waals surface area contributed by atoms with E-state index >= 15 is 0 Å². The van der Waals surface area contributed by atoms with E-state index < -0.39 is 11.9 Å². The second-order valence-corrected chi connectivity index (χ2v) is 6.92. The Morgan fingerprint density at radius 3 is 2.64 bits per heavy atom. The first-order chi connectivity index (χ1) is 13.5. The molecule has 2 aromatic carbocycles. The molecule has 8 heteroatoms. The zero-order valence-electron chi connectivity index (χ0n) is 15.2. The molecule has 1 N–H and O–H groups in total. The van der Waals surface area contributed by atoms with Crippen LogP contribution in [0.4, 0.5) is 0 Å². The molecule has 146 valence electrons. The first-order valence-electron chi connectivity index (χ1n) is 8.70. The molecule has 1 fully saturated rings. The minimum Gasteiger partial charge on any atom is -0.507 e. The predicted octanol–water partition coefficient (Wildman–Crippen LogP) is 2.68. The molecule has 0 spiro atoms. The number of phenols is 1. The summed E-state index contributed by atoms with van der Waals surface area (Å²) < 4.78 is 10.1. The molecule has 3 rings (SSSR count). The van der Waals surface area contributed by atoms with E-state index in [2.05, 4.69) is 0 Å². The van der Waals surface area contributed by atoms with E-state index in [0.717, 1.165) is 10.8 Å². The first kappa shape index (κ1) is 19.8. The Morgan fingerprint density at radius 2 is 1.93 bits per heavy atom. The maximum atomic E-state index is 12.3. The van der Waals surface area contributed by atoms with Crippen LogP contribution >= 0.6 is 11.8 Å². The molecule has 7 nitrogen and oxygen atoms in total. The lowest BCUT2D eigenvalue weighted by molar-refractivity contribution is -0.137. The van der Waals surface area contributed by atoms with Gasteiger partial charge in [0.05, 0.1) is 30.0 Å². The molecule has 1 heterocycles. The van der Waals surface area contributed by atoms with Crippen LogP contribution in [0.25, 0.3) is 10.8 Å². The molecule has 1 saturated heterocycles. The van der Waals surface area contributed by atoms with Gasteiger partial charge in [0, 0.05) is 0 Å². The van der Waals surface area contributed by atoms with Gasteiger partial charge in [0.25, 0.3) is 0 Å². The first-order valence-corrected chi connectivity index (χ1v) is 9.68. The topological polar surface area (TPSA) is 93.1 Å². The molecule has 1 aliphatic heterocycles. The van der Waals surface area contributed by atoms with Gasteiger partial charge in [-0.2, -0.15) is 0 Å². The van der Waals surface area contributed by atoms with Crippen molar-refractivity contribution in [2.24, 2.45) is 0 Å². The number of esters is 2. The number of benzene rings is 2. The Bertz CT molecular complexity index is 955. The number of amides is 1. The van der Waals surface area contributed by atoms with Crippen molar-refractivity contribution in [3.8, 4) is 5.75 Å². The van der Waals surface area contributed by atoms with E-state index in [-0.39, 0.29) is 42.7 Å². The van der Waals surface area contributed by atoms with Crippen LogP contribution in [0.5, 0.6) is 5.75 Å². The van der Waals surface area contributed by atoms with Crippen LogP contribution < -0.4 is 0 Å². The zero-order valence-corrected chi connectivity index (χ0v) is 16.0. The number of ether oxygens (including phenoxy) is 2. The second-order valence-electron chi connectivity index (χ2n) is 5.92. The van der Waals surface area contributed by atoms with Crippen molar-refractivity contribution in [2.75, 3.05) is 25.5 Å². The van der Waals surface area contributed by atoms with E-state index in [0.29, 0.717) is 5.03 Å². The number of rotatable bonds is 6. The van der Waals surface area contributed by atoms with Crippen LogP contribution in [0.2, 0.25) is 0 Å². The third-order valence-corrected chi connectivity index (χ3v) is 5.10. The molecule has 1 aliphatic rings. The van der Waals surface area contributed by atoms with Gasteiger partial charge < -0.3 is 19.5 Å². The normalized spacial score (nSPS) is 15.2. The maximum Gasteiger partial charge on any atom is 0.341 e. The van der Waals surface area contributed by atoms with Gasteiger partial charge in [-0.15, -0.1) is 0 Å². The lowest BCUT2D eigenvalue weighted by Gasteiger charge is -2.17. The van der Waals surface area contributed by atoms with Crippen LogP contribution in [0.15, 0.2) is 47.5 Å². The number of nitrogens with zero attached hydrogens (tertiary/aromatic N) is 1. The van der Waals surface area contributed by atoms with Crippen molar-refractivity contribution < 1.29 is 29.0 Å². The van der Waals surface area contributed by atoms with Crippen molar-refractivity contribution in [3.63, 3.8) is 0 Å². The Hall–Kier alpha value is -3.00. The Morgan fingerprint density at radius 1 is 1.21 bits per heavy atom. The third-order valence-electron chi connectivity index (χ3n) is 4.07. The highest BCUT2D eigenvalue weighted by atomic mass is 32.2. The molecule has 28 heavy (non-hydrogen) atoms. The van der Waals surface area contributed by atoms with E-state index in [9.17, 15) is 19.5 Å². The van der Waals surface area contributed by atoms with Gasteiger partial charge >= 0.3 is 11.9 Å². The predicted molar refractivity (Wildman–Crippen MR) is 105 cm³/mol. The fourth-order valence-electron chi connectivity index (χ4n) is 2.75. The summed E-state index contributed by atoms with van der Waals surface area (Å²) >= 11 is 1.23. The highest BCUT2D eigenvalue weighted by molar-refractivity contribution is 8.04. The smallest absolute Gasteiger partial charge is 0.341 e. The van der Waals surface area contributed by atoms with Crippen LogP contribution in [-0.2, 0) is 19.1 Å². The van der Waals surface area contributed by atoms with E-state index in [1.54, 1.807) is 13.0 Å². The average Bonchev–Trinajstić information content (AvgIpc) is 3.01. The zero-order chi connectivity index (χ0) is 20.1. The number of aromatic hydroxyl groups is 1. The minimum absolute atomic E-state index is 0.0584. The number of fused-ring (bicyclic) bond motifs is 1. The van der Waals surface area contributed by atoms with E-state index in [4.69, 9.17) is 9.47 Å². The standard InChI is InChI=1S/C20H19NO6S/c1-2-26-19(24)11-18-21(17(23)12-28-18)7-8-27-20(25)15-9-13-5-3-4-6-14(13)10-16(15)22/h3-6,9-11,22H,2,7-8,12H2,1H3/b18-11-. The van der Waals surface area contributed by atoms with E-state index in [1.807, 2.05) is 24.3 Å². The van der Waals surface area contributed by atoms with E-state index in [1.165, 1.54) is 28.8 Å². The Balaban J connectivity index is 1.64. The summed E-state index contributed by atoms with van der Waals surface area (Å²) in [5.74, 6) is -1.34. The number of thioether (sulfide) groups is 1. The molecule has 0 atom stereocenters. The van der Waals surface area contributed by atoms with Crippen molar-refractivity contribution in [3.05, 3.63) is 53.1 Å². The van der Waals surface area contributed by atoms with Crippen LogP contribution in [0.1, 0.15) is 17.3 Å². The van der Waals surface area contributed by atoms with Crippen LogP contribution in [0.3, 0.4) is 0 Å². The van der Waals surface area contributed by atoms with Gasteiger partial charge in [0.1, 0.15) is 17.9 Å². The summed E-state index contributed by atoms with van der Waals surface area (Å²) in [6, 6.07) is 10.4. The second kappa shape index (κ2) is 8.79. The number of carbonyl (C=O) groups is 3. The lowest BCUT2D eigenvalue weighted by atomic mass is 10.1. The Labute approximate surface area is 165 Å². The molecule has 0 bridgehead atoms. The van der Waals surface area contributed by atoms with Gasteiger partial charge in [-0.25, -0.2) is 9.59 Å². The molecule has 0 saturated carbocycles. The molecular weight excluding hydrogens is 382 g/mol. The minimum atomic E-state index is -0.682. The maximum absolute atomic E-state index is 12.3. The third kappa shape index (κ3) is 4.45. The number of hydrogen-bond acceptors (Lipinski definition) is 7. The largest absolute Gasteiger partial charge is 0.507 e. The number of carbonyl (C=O) groups excluding carboxylic acids is 3. The lowest BCUT2D eigenvalue weighted by Crippen LogP contribution is -2.29. The number of hydrogen-bond donors (Lipinski definition) is 1. The van der Waals surface area contributed by atoms with Crippen molar-refractivity contribution >= 4 is 40.4 Å². The van der Waals surface area contributed by atoms with Crippen molar-refractivity contribution in [1.82, 2.24) is 4.90 Å². The average molecular weight is 401 g/mol. The Kier molecular flexibility index (Phi) is 6.20. The van der Waals surface area contributed by atoms with Crippen LogP contribution in [0, 0.1) is 0 Å². The van der Waals surface area contributed by atoms with Crippen molar-refractivity contribution in [2.45, 2.75) is 6.92 Å². The molecule has 0 aromatic heterocycles.